The van der Waals surface area contributed by atoms with E-state index in [0.29, 0.717) is 12.8 Å². The molecule has 1 amide bonds. The van der Waals surface area contributed by atoms with E-state index < -0.39 is 96.1 Å². The summed E-state index contributed by atoms with van der Waals surface area (Å²) < 4.78 is 57.0. The molecule has 2 aliphatic rings. The van der Waals surface area contributed by atoms with Gasteiger partial charge >= 0.3 is 15.6 Å². The van der Waals surface area contributed by atoms with Gasteiger partial charge in [-0.15, -0.1) is 0 Å². The zero-order chi connectivity index (χ0) is 62.3. The molecule has 2 aliphatic heterocycles. The molecule has 0 aromatic carbocycles. The SMILES string of the molecule is CC(=O)N[C@H]1[C@@H](OP(=O)(O)OP(=O)(O)OC/C=C(/C)CC/C=C(/C)CC/C=C(/C)CC/C=C(/C)CC/C=C(/C)CC/C=C(/C)CC/C=C(/C)CC/C=C(/C)CC/C=C(\C)CCC=C(C)C)O[C@H](CO)[C@@H](O)[C@@H]1O[C@@H]1O[C@@H](C)[C@H](O)[C@@H](O)[C@H]1O. The van der Waals surface area contributed by atoms with Crippen molar-refractivity contribution in [2.45, 2.75) is 267 Å². The lowest BCUT2D eigenvalue weighted by Gasteiger charge is -2.47. The summed E-state index contributed by atoms with van der Waals surface area (Å²) in [5.41, 5.74) is 13.7. The monoisotopic (exact) mass is 1210 g/mol. The zero-order valence-electron chi connectivity index (χ0n) is 52.4. The standard InChI is InChI=1S/C64H107NO16P2/c1-44(2)23-14-24-45(3)25-15-26-46(4)27-16-28-47(5)29-17-30-48(6)31-18-32-49(7)33-19-34-50(8)35-20-36-51(9)37-21-38-52(10)39-22-40-53(11)41-42-76-82(72,73)81-83(74,75)80-63-57(65-55(13)67)62(59(69)56(43-66)78-63)79-64-61(71)60(70)58(68)54(12)77-64/h23,25,27,29,31,33,35,37,39,41,54,56-64,66,68-71H,14-22,24,26,28,30,32,34,36,38,40,42-43H2,1-13H3,(H,65,67)(H,72,73)(H,74,75)/b45-25+,46-27-,47-29-,48-31-,49-33-,50-35-,51-37-,52-39-,53-41-/t54-,56+,57+,58-,59+,60+,61+,62+,63+,64-/m0/s1. The van der Waals surface area contributed by atoms with Crippen LogP contribution < -0.4 is 5.32 Å². The van der Waals surface area contributed by atoms with Crippen LogP contribution in [0.4, 0.5) is 0 Å². The van der Waals surface area contributed by atoms with Gasteiger partial charge in [-0.05, 0) is 199 Å². The van der Waals surface area contributed by atoms with Crippen LogP contribution in [0.3, 0.4) is 0 Å². The van der Waals surface area contributed by atoms with Crippen LogP contribution >= 0.6 is 15.6 Å². The van der Waals surface area contributed by atoms with Gasteiger partial charge in [0.05, 0.1) is 19.3 Å². The van der Waals surface area contributed by atoms with E-state index in [9.17, 15) is 49.2 Å². The van der Waals surface area contributed by atoms with Crippen molar-refractivity contribution >= 4 is 21.6 Å². The molecule has 17 nitrogen and oxygen atoms in total. The number of carbonyl (C=O) groups excluding carboxylic acids is 1. The third kappa shape index (κ3) is 32.9. The van der Waals surface area contributed by atoms with Gasteiger partial charge in [0.2, 0.25) is 5.91 Å². The van der Waals surface area contributed by atoms with Crippen LogP contribution in [0.25, 0.3) is 0 Å². The van der Waals surface area contributed by atoms with Crippen LogP contribution in [-0.2, 0) is 41.5 Å². The molecule has 0 aliphatic carbocycles. The first-order valence-corrected chi connectivity index (χ1v) is 32.8. The van der Waals surface area contributed by atoms with E-state index in [-0.39, 0.29) is 0 Å². The largest absolute Gasteiger partial charge is 0.483 e. The minimum Gasteiger partial charge on any atom is -0.394 e. The number of aliphatic hydroxyl groups is 5. The predicted molar refractivity (Wildman–Crippen MR) is 331 cm³/mol. The Labute approximate surface area is 498 Å². The van der Waals surface area contributed by atoms with E-state index in [4.69, 9.17) is 23.3 Å². The van der Waals surface area contributed by atoms with Crippen molar-refractivity contribution in [3.63, 3.8) is 0 Å². The lowest BCUT2D eigenvalue weighted by molar-refractivity contribution is -0.335. The second-order valence-electron chi connectivity index (χ2n) is 23.2. The fraction of sp³-hybridized carbons (Fsp3) is 0.672. The molecule has 0 aromatic rings. The van der Waals surface area contributed by atoms with Crippen LogP contribution in [0.5, 0.6) is 0 Å². The number of amides is 1. The minimum atomic E-state index is -5.60. The molecule has 8 N–H and O–H groups in total. The molecule has 2 rings (SSSR count). The molecule has 0 bridgehead atoms. The van der Waals surface area contributed by atoms with Crippen LogP contribution in [0.2, 0.25) is 0 Å². The third-order valence-corrected chi connectivity index (χ3v) is 17.4. The molecule has 12 atom stereocenters. The van der Waals surface area contributed by atoms with Crippen LogP contribution in [0.1, 0.15) is 206 Å². The van der Waals surface area contributed by atoms with Crippen LogP contribution in [0.15, 0.2) is 116 Å². The molecular weight excluding hydrogens is 1100 g/mol. The van der Waals surface area contributed by atoms with Gasteiger partial charge in [-0.1, -0.05) is 116 Å². The number of hydrogen-bond donors (Lipinski definition) is 8. The molecule has 19 heteroatoms. The van der Waals surface area contributed by atoms with Crippen LogP contribution in [-0.4, -0.2) is 116 Å². The highest BCUT2D eigenvalue weighted by Gasteiger charge is 2.53. The van der Waals surface area contributed by atoms with Gasteiger partial charge in [0.25, 0.3) is 0 Å². The van der Waals surface area contributed by atoms with Crippen molar-refractivity contribution in [1.82, 2.24) is 5.32 Å². The number of ether oxygens (including phenoxy) is 3. The molecule has 83 heavy (non-hydrogen) atoms. The number of hydrogen-bond acceptors (Lipinski definition) is 14. The zero-order valence-corrected chi connectivity index (χ0v) is 54.2. The summed E-state index contributed by atoms with van der Waals surface area (Å²) in [5, 5.41) is 54.1. The third-order valence-electron chi connectivity index (χ3n) is 14.8. The molecule has 2 unspecified atom stereocenters. The Morgan fingerprint density at radius 1 is 0.470 bits per heavy atom. The Morgan fingerprint density at radius 3 is 1.16 bits per heavy atom. The summed E-state index contributed by atoms with van der Waals surface area (Å²) in [7, 11) is -10.9. The maximum absolute atomic E-state index is 13.1. The van der Waals surface area contributed by atoms with Crippen molar-refractivity contribution in [2.75, 3.05) is 13.2 Å². The fourth-order valence-electron chi connectivity index (χ4n) is 9.44. The molecule has 474 valence electrons. The van der Waals surface area contributed by atoms with Gasteiger partial charge in [0.1, 0.15) is 42.7 Å². The van der Waals surface area contributed by atoms with Crippen LogP contribution in [0, 0.1) is 0 Å². The van der Waals surface area contributed by atoms with E-state index in [1.54, 1.807) is 0 Å². The van der Waals surface area contributed by atoms with Gasteiger partial charge in [0.15, 0.2) is 12.6 Å². The van der Waals surface area contributed by atoms with Gasteiger partial charge in [-0.3, -0.25) is 13.8 Å². The maximum atomic E-state index is 13.1. The Balaban J connectivity index is 1.71. The predicted octanol–water partition coefficient (Wildman–Crippen LogP) is 13.5. The minimum absolute atomic E-state index is 0.462. The molecule has 0 aromatic heterocycles. The second kappa shape index (κ2) is 40.3. The Kier molecular flexibility index (Phi) is 36.9. The number of rotatable bonds is 38. The van der Waals surface area contributed by atoms with Gasteiger partial charge in [0, 0.05) is 6.92 Å². The smallest absolute Gasteiger partial charge is 0.394 e. The van der Waals surface area contributed by atoms with Gasteiger partial charge < -0.3 is 54.8 Å². The second-order valence-corrected chi connectivity index (χ2v) is 26.2. The number of allylic oxidation sites excluding steroid dienone is 19. The fourth-order valence-corrected chi connectivity index (χ4v) is 11.5. The van der Waals surface area contributed by atoms with E-state index in [1.165, 1.54) is 63.2 Å². The van der Waals surface area contributed by atoms with E-state index in [0.717, 1.165) is 115 Å². The van der Waals surface area contributed by atoms with Crippen molar-refractivity contribution in [3.05, 3.63) is 116 Å². The number of aliphatic hydroxyl groups excluding tert-OH is 5. The molecule has 2 heterocycles. The van der Waals surface area contributed by atoms with Crippen molar-refractivity contribution < 1.29 is 76.8 Å². The van der Waals surface area contributed by atoms with E-state index >= 15 is 0 Å². The van der Waals surface area contributed by atoms with Gasteiger partial charge in [-0.2, -0.15) is 4.31 Å². The number of phosphoric ester groups is 2. The van der Waals surface area contributed by atoms with Crippen molar-refractivity contribution in [3.8, 4) is 0 Å². The average Bonchev–Trinajstić information content (AvgIpc) is 3.55. The average molecular weight is 1210 g/mol. The Bertz CT molecular complexity index is 2390. The highest BCUT2D eigenvalue weighted by Crippen LogP contribution is 2.61. The molecule has 0 radical (unpaired) electrons. The summed E-state index contributed by atoms with van der Waals surface area (Å²) in [6.45, 7) is 25.0. The highest BCUT2D eigenvalue weighted by atomic mass is 31.3. The first-order valence-electron chi connectivity index (χ1n) is 29.8. The summed E-state index contributed by atoms with van der Waals surface area (Å²) >= 11 is 0. The molecule has 0 spiro atoms. The van der Waals surface area contributed by atoms with E-state index in [1.807, 2.05) is 6.92 Å². The molecule has 2 saturated heterocycles. The Hall–Kier alpha value is -3.19. The number of phosphoric acid groups is 2. The number of nitrogens with one attached hydrogen (secondary N) is 1. The first kappa shape index (κ1) is 75.9. The lowest BCUT2D eigenvalue weighted by atomic mass is 9.95. The Morgan fingerprint density at radius 2 is 0.819 bits per heavy atom. The quantitative estimate of drug-likeness (QED) is 0.0211. The summed E-state index contributed by atoms with van der Waals surface area (Å²) in [6.07, 6.45) is 26.3. The lowest BCUT2D eigenvalue weighted by Crippen LogP contribution is -2.67. The topological polar surface area (TPSA) is 260 Å². The van der Waals surface area contributed by atoms with Crippen molar-refractivity contribution in [1.29, 1.82) is 0 Å². The van der Waals surface area contributed by atoms with E-state index in [2.05, 4.69) is 134 Å². The summed E-state index contributed by atoms with van der Waals surface area (Å²) in [6, 6.07) is -1.70. The first-order chi connectivity index (χ1) is 39.0. The summed E-state index contributed by atoms with van der Waals surface area (Å²) in [5.74, 6) is -0.783. The highest BCUT2D eigenvalue weighted by molar-refractivity contribution is 7.61. The molecule has 2 fully saturated rings. The normalized spacial score (nSPS) is 26.4. The molecular formula is C64H107NO16P2. The molecule has 0 saturated carbocycles. The van der Waals surface area contributed by atoms with Gasteiger partial charge in [-0.25, -0.2) is 9.13 Å². The van der Waals surface area contributed by atoms with Crippen molar-refractivity contribution in [2.24, 2.45) is 0 Å². The maximum Gasteiger partial charge on any atom is 0.483 e. The number of carbonyl (C=O) groups is 1. The summed E-state index contributed by atoms with van der Waals surface area (Å²) in [4.78, 5) is 33.1.